The van der Waals surface area contributed by atoms with Crippen molar-refractivity contribution in [1.82, 2.24) is 4.98 Å². The van der Waals surface area contributed by atoms with Crippen LogP contribution >= 0.6 is 11.6 Å². The van der Waals surface area contributed by atoms with Crippen LogP contribution in [-0.4, -0.2) is 10.1 Å². The second kappa shape index (κ2) is 4.52. The van der Waals surface area contributed by atoms with E-state index in [0.717, 1.165) is 0 Å². The molecule has 1 aromatic heterocycles. The van der Waals surface area contributed by atoms with Crippen molar-refractivity contribution in [1.29, 1.82) is 0 Å². The molecule has 0 saturated heterocycles. The van der Waals surface area contributed by atoms with E-state index in [1.165, 1.54) is 12.1 Å². The molecule has 0 atom stereocenters. The van der Waals surface area contributed by atoms with Crippen molar-refractivity contribution in [2.24, 2.45) is 0 Å². The Labute approximate surface area is 114 Å². The number of fused-ring (bicyclic) bond motifs is 1. The standard InChI is InChI=1S/C15H9ClFNO/c16-13-8-12(9-3-1-4-10(17)7-9)15(19)14-11(13)5-2-6-18-14/h1-8,19H. The molecule has 2 aromatic carbocycles. The Bertz CT molecular complexity index is 773. The zero-order chi connectivity index (χ0) is 13.4. The summed E-state index contributed by atoms with van der Waals surface area (Å²) in [6, 6.07) is 11.1. The van der Waals surface area contributed by atoms with Gasteiger partial charge in [-0.3, -0.25) is 4.98 Å². The summed E-state index contributed by atoms with van der Waals surface area (Å²) in [5, 5.41) is 11.4. The second-order valence-corrected chi connectivity index (χ2v) is 4.57. The quantitative estimate of drug-likeness (QED) is 0.713. The number of hydrogen-bond donors (Lipinski definition) is 1. The fraction of sp³-hybridized carbons (Fsp3) is 0. The largest absolute Gasteiger partial charge is 0.505 e. The molecule has 0 saturated carbocycles. The molecule has 94 valence electrons. The van der Waals surface area contributed by atoms with Gasteiger partial charge in [0.2, 0.25) is 0 Å². The van der Waals surface area contributed by atoms with Gasteiger partial charge >= 0.3 is 0 Å². The van der Waals surface area contributed by atoms with Gasteiger partial charge in [-0.1, -0.05) is 23.7 Å². The van der Waals surface area contributed by atoms with Crippen LogP contribution in [0.15, 0.2) is 48.7 Å². The Morgan fingerprint density at radius 2 is 1.95 bits per heavy atom. The number of rotatable bonds is 1. The molecule has 0 fully saturated rings. The lowest BCUT2D eigenvalue weighted by molar-refractivity contribution is 0.482. The third-order valence-electron chi connectivity index (χ3n) is 2.95. The van der Waals surface area contributed by atoms with Crippen LogP contribution in [-0.2, 0) is 0 Å². The van der Waals surface area contributed by atoms with Gasteiger partial charge in [0.05, 0.1) is 5.02 Å². The van der Waals surface area contributed by atoms with Crippen molar-refractivity contribution in [2.75, 3.05) is 0 Å². The molecule has 0 radical (unpaired) electrons. The van der Waals surface area contributed by atoms with Gasteiger partial charge in [-0.15, -0.1) is 0 Å². The average molecular weight is 274 g/mol. The van der Waals surface area contributed by atoms with Crippen molar-refractivity contribution >= 4 is 22.5 Å². The lowest BCUT2D eigenvalue weighted by Gasteiger charge is -2.09. The fourth-order valence-electron chi connectivity index (χ4n) is 2.06. The van der Waals surface area contributed by atoms with E-state index in [9.17, 15) is 9.50 Å². The van der Waals surface area contributed by atoms with Crippen LogP contribution < -0.4 is 0 Å². The van der Waals surface area contributed by atoms with Crippen molar-refractivity contribution in [3.63, 3.8) is 0 Å². The maximum Gasteiger partial charge on any atom is 0.149 e. The molecule has 0 aliphatic carbocycles. The first-order valence-electron chi connectivity index (χ1n) is 5.69. The van der Waals surface area contributed by atoms with Gasteiger partial charge in [0.15, 0.2) is 0 Å². The number of aromatic nitrogens is 1. The van der Waals surface area contributed by atoms with Gasteiger partial charge in [-0.05, 0) is 35.9 Å². The highest BCUT2D eigenvalue weighted by Gasteiger charge is 2.13. The summed E-state index contributed by atoms with van der Waals surface area (Å²) < 4.78 is 13.3. The summed E-state index contributed by atoms with van der Waals surface area (Å²) in [4.78, 5) is 4.12. The molecule has 0 amide bonds. The zero-order valence-electron chi connectivity index (χ0n) is 9.77. The normalized spacial score (nSPS) is 10.8. The molecule has 3 aromatic rings. The van der Waals surface area contributed by atoms with Crippen LogP contribution in [0.4, 0.5) is 4.39 Å². The first-order chi connectivity index (χ1) is 9.16. The number of halogens is 2. The van der Waals surface area contributed by atoms with Crippen molar-refractivity contribution < 1.29 is 9.50 Å². The van der Waals surface area contributed by atoms with E-state index in [2.05, 4.69) is 4.98 Å². The van der Waals surface area contributed by atoms with Crippen LogP contribution in [0.25, 0.3) is 22.0 Å². The van der Waals surface area contributed by atoms with Crippen molar-refractivity contribution in [2.45, 2.75) is 0 Å². The van der Waals surface area contributed by atoms with E-state index in [4.69, 9.17) is 11.6 Å². The molecule has 4 heteroatoms. The lowest BCUT2D eigenvalue weighted by Crippen LogP contribution is -1.86. The Kier molecular flexibility index (Phi) is 2.84. The van der Waals surface area contributed by atoms with Gasteiger partial charge in [0, 0.05) is 17.1 Å². The molecule has 0 spiro atoms. The van der Waals surface area contributed by atoms with Crippen LogP contribution in [0, 0.1) is 5.82 Å². The monoisotopic (exact) mass is 273 g/mol. The van der Waals surface area contributed by atoms with Crippen LogP contribution in [0.1, 0.15) is 0 Å². The Morgan fingerprint density at radius 1 is 1.11 bits per heavy atom. The predicted molar refractivity (Wildman–Crippen MR) is 73.8 cm³/mol. The highest BCUT2D eigenvalue weighted by molar-refractivity contribution is 6.36. The third kappa shape index (κ3) is 2.02. The summed E-state index contributed by atoms with van der Waals surface area (Å²) in [5.41, 5.74) is 1.44. The topological polar surface area (TPSA) is 33.1 Å². The van der Waals surface area contributed by atoms with Gasteiger partial charge in [0.1, 0.15) is 17.1 Å². The van der Waals surface area contributed by atoms with Crippen molar-refractivity contribution in [3.8, 4) is 16.9 Å². The number of phenols is 1. The molecule has 0 aliphatic heterocycles. The predicted octanol–water partition coefficient (Wildman–Crippen LogP) is 4.40. The second-order valence-electron chi connectivity index (χ2n) is 4.16. The molecule has 1 heterocycles. The Morgan fingerprint density at radius 3 is 2.74 bits per heavy atom. The molecule has 0 aliphatic rings. The maximum atomic E-state index is 13.3. The fourth-order valence-corrected chi connectivity index (χ4v) is 2.32. The summed E-state index contributed by atoms with van der Waals surface area (Å²) in [6.07, 6.45) is 1.58. The van der Waals surface area contributed by atoms with E-state index >= 15 is 0 Å². The van der Waals surface area contributed by atoms with E-state index in [-0.39, 0.29) is 11.6 Å². The van der Waals surface area contributed by atoms with Crippen LogP contribution in [0.5, 0.6) is 5.75 Å². The maximum absolute atomic E-state index is 13.3. The van der Waals surface area contributed by atoms with Gasteiger partial charge in [0.25, 0.3) is 0 Å². The summed E-state index contributed by atoms with van der Waals surface area (Å²) in [6.45, 7) is 0. The molecular formula is C15H9ClFNO. The minimum absolute atomic E-state index is 0.00519. The van der Waals surface area contributed by atoms with E-state index in [0.29, 0.717) is 27.1 Å². The molecular weight excluding hydrogens is 265 g/mol. The first kappa shape index (κ1) is 11.9. The van der Waals surface area contributed by atoms with Crippen molar-refractivity contribution in [3.05, 3.63) is 59.5 Å². The summed E-state index contributed by atoms with van der Waals surface area (Å²) in [7, 11) is 0. The molecule has 0 bridgehead atoms. The Balaban J connectivity index is 2.34. The highest BCUT2D eigenvalue weighted by Crippen LogP contribution is 2.38. The molecule has 3 rings (SSSR count). The number of benzene rings is 2. The van der Waals surface area contributed by atoms with E-state index in [1.807, 2.05) is 0 Å². The SMILES string of the molecule is Oc1c(-c2cccc(F)c2)cc(Cl)c2cccnc12. The van der Waals surface area contributed by atoms with Gasteiger partial charge in [-0.2, -0.15) is 0 Å². The average Bonchev–Trinajstić information content (AvgIpc) is 2.43. The number of pyridine rings is 1. The van der Waals surface area contributed by atoms with Gasteiger partial charge < -0.3 is 5.11 Å². The third-order valence-corrected chi connectivity index (χ3v) is 3.26. The number of phenolic OH excluding ortho intramolecular Hbond substituents is 1. The zero-order valence-corrected chi connectivity index (χ0v) is 10.5. The minimum atomic E-state index is -0.367. The lowest BCUT2D eigenvalue weighted by atomic mass is 10.0. The highest BCUT2D eigenvalue weighted by atomic mass is 35.5. The Hall–Kier alpha value is -2.13. The van der Waals surface area contributed by atoms with E-state index < -0.39 is 0 Å². The summed E-state index contributed by atoms with van der Waals surface area (Å²) in [5.74, 6) is -0.361. The molecule has 0 unspecified atom stereocenters. The number of hydrogen-bond acceptors (Lipinski definition) is 2. The number of nitrogens with zero attached hydrogens (tertiary/aromatic N) is 1. The first-order valence-corrected chi connectivity index (χ1v) is 6.07. The minimum Gasteiger partial charge on any atom is -0.505 e. The number of aromatic hydroxyl groups is 1. The summed E-state index contributed by atoms with van der Waals surface area (Å²) >= 11 is 6.18. The molecule has 1 N–H and O–H groups in total. The van der Waals surface area contributed by atoms with E-state index in [1.54, 1.807) is 36.5 Å². The van der Waals surface area contributed by atoms with Crippen LogP contribution in [0.2, 0.25) is 5.02 Å². The molecule has 2 nitrogen and oxygen atoms in total. The smallest absolute Gasteiger partial charge is 0.149 e. The van der Waals surface area contributed by atoms with Crippen LogP contribution in [0.3, 0.4) is 0 Å². The molecule has 19 heavy (non-hydrogen) atoms. The van der Waals surface area contributed by atoms with Gasteiger partial charge in [-0.25, -0.2) is 4.39 Å².